The normalized spacial score (nSPS) is 14.9. The molecule has 0 aliphatic rings. The van der Waals surface area contributed by atoms with Crippen molar-refractivity contribution in [2.45, 2.75) is 92.1 Å². The number of hydrogen-bond acceptors (Lipinski definition) is 3. The van der Waals surface area contributed by atoms with Crippen LogP contribution in [0.15, 0.2) is 16.8 Å². The van der Waals surface area contributed by atoms with Gasteiger partial charge in [-0.2, -0.15) is 0 Å². The van der Waals surface area contributed by atoms with Crippen LogP contribution in [0, 0.1) is 0 Å². The number of nitrogens with zero attached hydrogens (tertiary/aromatic N) is 2. The Morgan fingerprint density at radius 1 is 1.20 bits per heavy atom. The standard InChI is InChI=1S/C19H37ClN2O2Si/c1-14(2)21-17(20)12-15(3)22(16(4)23)13-19(8,9)24-25(10,11)18(5,6)7/h12,14H,13H2,1-11H3/b15-12+,21-17+. The number of aliphatic imine (C=N–C) groups is 1. The van der Waals surface area contributed by atoms with Gasteiger partial charge in [-0.3, -0.25) is 9.79 Å². The molecule has 0 rings (SSSR count). The van der Waals surface area contributed by atoms with Crippen LogP contribution in [0.2, 0.25) is 18.1 Å². The van der Waals surface area contributed by atoms with Crippen LogP contribution in [0.25, 0.3) is 0 Å². The molecule has 0 radical (unpaired) electrons. The smallest absolute Gasteiger partial charge is 0.223 e. The molecule has 25 heavy (non-hydrogen) atoms. The molecule has 0 aliphatic heterocycles. The van der Waals surface area contributed by atoms with Crippen molar-refractivity contribution in [1.29, 1.82) is 0 Å². The topological polar surface area (TPSA) is 41.9 Å². The highest BCUT2D eigenvalue weighted by Crippen LogP contribution is 2.39. The summed E-state index contributed by atoms with van der Waals surface area (Å²) >= 11 is 6.17. The second-order valence-electron chi connectivity index (χ2n) is 9.06. The predicted octanol–water partition coefficient (Wildman–Crippen LogP) is 5.58. The van der Waals surface area contributed by atoms with Gasteiger partial charge in [-0.25, -0.2) is 0 Å². The minimum atomic E-state index is -1.94. The molecule has 0 bridgehead atoms. The third-order valence-corrected chi connectivity index (χ3v) is 9.27. The third kappa shape index (κ3) is 8.52. The Hall–Kier alpha value is -0.653. The highest BCUT2D eigenvalue weighted by Gasteiger charge is 2.42. The molecular formula is C19H37ClN2O2Si. The molecule has 0 aliphatic carbocycles. The molecule has 0 fully saturated rings. The average Bonchev–Trinajstić information content (AvgIpc) is 2.31. The maximum Gasteiger partial charge on any atom is 0.223 e. The van der Waals surface area contributed by atoms with E-state index in [1.165, 1.54) is 0 Å². The average molecular weight is 389 g/mol. The molecular weight excluding hydrogens is 352 g/mol. The number of rotatable bonds is 7. The van der Waals surface area contributed by atoms with Crippen molar-refractivity contribution in [3.63, 3.8) is 0 Å². The van der Waals surface area contributed by atoms with Crippen LogP contribution in [0.1, 0.15) is 62.3 Å². The first-order valence-corrected chi connectivity index (χ1v) is 12.2. The minimum Gasteiger partial charge on any atom is -0.410 e. The molecule has 1 amide bonds. The molecule has 0 saturated carbocycles. The molecule has 4 nitrogen and oxygen atoms in total. The maximum absolute atomic E-state index is 12.2. The highest BCUT2D eigenvalue weighted by molar-refractivity contribution is 6.74. The summed E-state index contributed by atoms with van der Waals surface area (Å²) < 4.78 is 6.54. The van der Waals surface area contributed by atoms with Gasteiger partial charge in [0.05, 0.1) is 12.1 Å². The van der Waals surface area contributed by atoms with E-state index in [0.29, 0.717) is 11.7 Å². The van der Waals surface area contributed by atoms with E-state index < -0.39 is 13.9 Å². The minimum absolute atomic E-state index is 0.0327. The van der Waals surface area contributed by atoms with E-state index in [4.69, 9.17) is 16.0 Å². The molecule has 146 valence electrons. The zero-order valence-electron chi connectivity index (χ0n) is 18.0. The summed E-state index contributed by atoms with van der Waals surface area (Å²) in [6.45, 7) is 23.0. The van der Waals surface area contributed by atoms with E-state index in [2.05, 4.69) is 38.9 Å². The molecule has 0 aromatic heterocycles. The van der Waals surface area contributed by atoms with Crippen LogP contribution >= 0.6 is 11.6 Å². The first kappa shape index (κ1) is 24.3. The van der Waals surface area contributed by atoms with Gasteiger partial charge in [0.25, 0.3) is 0 Å². The Kier molecular flexibility index (Phi) is 8.59. The van der Waals surface area contributed by atoms with Crippen LogP contribution in [-0.4, -0.2) is 42.5 Å². The Balaban J connectivity index is 5.45. The van der Waals surface area contributed by atoms with E-state index >= 15 is 0 Å². The molecule has 0 aromatic rings. The summed E-state index contributed by atoms with van der Waals surface area (Å²) in [6.07, 6.45) is 1.74. The second kappa shape index (κ2) is 8.83. The fourth-order valence-electron chi connectivity index (χ4n) is 2.28. The summed E-state index contributed by atoms with van der Waals surface area (Å²) in [5.74, 6) is -0.0327. The molecule has 0 unspecified atom stereocenters. The lowest BCUT2D eigenvalue weighted by Crippen LogP contribution is -2.52. The van der Waals surface area contributed by atoms with E-state index in [0.717, 1.165) is 5.70 Å². The van der Waals surface area contributed by atoms with Crippen molar-refractivity contribution in [1.82, 2.24) is 4.90 Å². The lowest BCUT2D eigenvalue weighted by atomic mass is 10.1. The number of halogens is 1. The first-order chi connectivity index (χ1) is 11.0. The van der Waals surface area contributed by atoms with Crippen molar-refractivity contribution in [3.8, 4) is 0 Å². The fraction of sp³-hybridized carbons (Fsp3) is 0.789. The van der Waals surface area contributed by atoms with Gasteiger partial charge in [0, 0.05) is 18.7 Å². The summed E-state index contributed by atoms with van der Waals surface area (Å²) in [4.78, 5) is 18.2. The van der Waals surface area contributed by atoms with E-state index in [1.54, 1.807) is 17.9 Å². The third-order valence-electron chi connectivity index (χ3n) is 4.39. The van der Waals surface area contributed by atoms with Crippen molar-refractivity contribution < 1.29 is 9.22 Å². The molecule has 0 spiro atoms. The van der Waals surface area contributed by atoms with Gasteiger partial charge in [0.2, 0.25) is 5.91 Å². The van der Waals surface area contributed by atoms with Crippen LogP contribution in [-0.2, 0) is 9.22 Å². The number of amides is 1. The summed E-state index contributed by atoms with van der Waals surface area (Å²) in [5.41, 5.74) is 0.319. The molecule has 0 heterocycles. The Morgan fingerprint density at radius 3 is 2.04 bits per heavy atom. The van der Waals surface area contributed by atoms with Crippen molar-refractivity contribution >= 4 is 31.0 Å². The van der Waals surface area contributed by atoms with Gasteiger partial charge in [0.1, 0.15) is 5.17 Å². The lowest BCUT2D eigenvalue weighted by molar-refractivity contribution is -0.129. The summed E-state index contributed by atoms with van der Waals surface area (Å²) in [5, 5.41) is 0.519. The largest absolute Gasteiger partial charge is 0.410 e. The van der Waals surface area contributed by atoms with Gasteiger partial charge in [-0.15, -0.1) is 0 Å². The van der Waals surface area contributed by atoms with Gasteiger partial charge in [0.15, 0.2) is 8.32 Å². The van der Waals surface area contributed by atoms with Gasteiger partial charge in [-0.05, 0) is 58.8 Å². The lowest BCUT2D eigenvalue weighted by Gasteiger charge is -2.44. The predicted molar refractivity (Wildman–Crippen MR) is 112 cm³/mol. The van der Waals surface area contributed by atoms with Crippen LogP contribution in [0.3, 0.4) is 0 Å². The maximum atomic E-state index is 12.2. The Labute approximate surface area is 160 Å². The summed E-state index contributed by atoms with van der Waals surface area (Å²) in [6, 6.07) is 0.112. The van der Waals surface area contributed by atoms with E-state index in [9.17, 15) is 4.79 Å². The second-order valence-corrected chi connectivity index (χ2v) is 14.2. The molecule has 6 heteroatoms. The molecule has 0 atom stereocenters. The van der Waals surface area contributed by atoms with Crippen molar-refractivity contribution in [2.24, 2.45) is 4.99 Å². The van der Waals surface area contributed by atoms with Gasteiger partial charge >= 0.3 is 0 Å². The molecule has 0 saturated heterocycles. The van der Waals surface area contributed by atoms with Crippen molar-refractivity contribution in [2.75, 3.05) is 6.54 Å². The number of hydrogen-bond donors (Lipinski definition) is 0. The Morgan fingerprint density at radius 2 is 1.68 bits per heavy atom. The fourth-order valence-corrected chi connectivity index (χ4v) is 4.38. The number of carbonyl (C=O) groups is 1. The Bertz CT molecular complexity index is 532. The van der Waals surface area contributed by atoms with Crippen LogP contribution < -0.4 is 0 Å². The summed E-state index contributed by atoms with van der Waals surface area (Å²) in [7, 11) is -1.94. The highest BCUT2D eigenvalue weighted by atomic mass is 35.5. The van der Waals surface area contributed by atoms with Gasteiger partial charge in [-0.1, -0.05) is 32.4 Å². The van der Waals surface area contributed by atoms with Gasteiger partial charge < -0.3 is 9.33 Å². The molecule has 0 N–H and O–H groups in total. The zero-order valence-corrected chi connectivity index (χ0v) is 19.7. The van der Waals surface area contributed by atoms with Crippen LogP contribution in [0.4, 0.5) is 0 Å². The first-order valence-electron chi connectivity index (χ1n) is 8.88. The van der Waals surface area contributed by atoms with E-state index in [-0.39, 0.29) is 17.0 Å². The molecule has 0 aromatic carbocycles. The zero-order chi connectivity index (χ0) is 20.2. The SMILES string of the molecule is CC(=O)N(CC(C)(C)O[Si](C)(C)C(C)(C)C)/C(C)=C/C(Cl)=N\C(C)C. The number of carbonyl (C=O) groups excluding carboxylic acids is 1. The van der Waals surface area contributed by atoms with E-state index in [1.807, 2.05) is 34.6 Å². The van der Waals surface area contributed by atoms with Crippen molar-refractivity contribution in [3.05, 3.63) is 11.8 Å². The van der Waals surface area contributed by atoms with Crippen LogP contribution in [0.5, 0.6) is 0 Å². The quantitative estimate of drug-likeness (QED) is 0.421. The number of allylic oxidation sites excluding steroid dienone is 2. The monoisotopic (exact) mass is 388 g/mol.